The van der Waals surface area contributed by atoms with Crippen LogP contribution in [-0.2, 0) is 0 Å². The number of hydrogen-bond donors (Lipinski definition) is 0. The van der Waals surface area contributed by atoms with Crippen LogP contribution in [0.3, 0.4) is 0 Å². The molecule has 0 saturated heterocycles. The second kappa shape index (κ2) is 8.35. The Bertz CT molecular complexity index is 1030. The van der Waals surface area contributed by atoms with Crippen LogP contribution in [0.25, 0.3) is 11.3 Å². The van der Waals surface area contributed by atoms with E-state index in [2.05, 4.69) is 43.3 Å². The molecule has 0 fully saturated rings. The summed E-state index contributed by atoms with van der Waals surface area (Å²) in [5.74, 6) is 0.837. The summed E-state index contributed by atoms with van der Waals surface area (Å²) in [5.41, 5.74) is 7.10. The van der Waals surface area contributed by atoms with Gasteiger partial charge in [0.05, 0.1) is 19.0 Å². The summed E-state index contributed by atoms with van der Waals surface area (Å²) in [5, 5.41) is 6.88. The molecule has 0 radical (unpaired) electrons. The third-order valence-corrected chi connectivity index (χ3v) is 5.39. The lowest BCUT2D eigenvalue weighted by Crippen LogP contribution is -2.12. The van der Waals surface area contributed by atoms with Gasteiger partial charge in [0.2, 0.25) is 4.80 Å². The Morgan fingerprint density at radius 1 is 1.04 bits per heavy atom. The number of ether oxygens (including phenoxy) is 1. The van der Waals surface area contributed by atoms with Gasteiger partial charge in [-0.1, -0.05) is 6.07 Å². The predicted molar refractivity (Wildman–Crippen MR) is 114 cm³/mol. The molecule has 0 amide bonds. The van der Waals surface area contributed by atoms with Gasteiger partial charge in [0.15, 0.2) is 0 Å². The Morgan fingerprint density at radius 2 is 1.74 bits per heavy atom. The molecule has 4 nitrogen and oxygen atoms in total. The number of methoxy groups -OCH3 is 1. The zero-order chi connectivity index (χ0) is 19.4. The molecule has 0 spiro atoms. The smallest absolute Gasteiger partial charge is 0.206 e. The van der Waals surface area contributed by atoms with Gasteiger partial charge < -0.3 is 4.74 Å². The molecule has 3 aromatic rings. The molecule has 3 rings (SSSR count). The van der Waals surface area contributed by atoms with E-state index in [0.29, 0.717) is 0 Å². The molecule has 5 heteroatoms. The maximum atomic E-state index is 5.22. The largest absolute Gasteiger partial charge is 0.497 e. The predicted octanol–water partition coefficient (Wildman–Crippen LogP) is 4.95. The van der Waals surface area contributed by atoms with Crippen molar-refractivity contribution in [3.63, 3.8) is 0 Å². The minimum absolute atomic E-state index is 0.726. The maximum Gasteiger partial charge on any atom is 0.206 e. The van der Waals surface area contributed by atoms with E-state index in [9.17, 15) is 0 Å². The van der Waals surface area contributed by atoms with Crippen LogP contribution in [0.4, 0.5) is 0 Å². The first-order valence-electron chi connectivity index (χ1n) is 9.01. The van der Waals surface area contributed by atoms with Crippen LogP contribution >= 0.6 is 11.3 Å². The van der Waals surface area contributed by atoms with Gasteiger partial charge in [0, 0.05) is 17.5 Å². The molecular weight excluding hydrogens is 354 g/mol. The van der Waals surface area contributed by atoms with Crippen LogP contribution in [0, 0.1) is 20.8 Å². The maximum absolute atomic E-state index is 5.22. The molecule has 0 unspecified atom stereocenters. The van der Waals surface area contributed by atoms with Gasteiger partial charge >= 0.3 is 0 Å². The molecule has 2 aromatic carbocycles. The molecule has 0 aliphatic heterocycles. The van der Waals surface area contributed by atoms with Crippen LogP contribution < -0.4 is 9.54 Å². The fourth-order valence-corrected chi connectivity index (χ4v) is 3.78. The lowest BCUT2D eigenvalue weighted by atomic mass is 9.99. The first-order valence-corrected chi connectivity index (χ1v) is 9.89. The van der Waals surface area contributed by atoms with Crippen molar-refractivity contribution in [2.75, 3.05) is 13.7 Å². The number of benzene rings is 2. The van der Waals surface area contributed by atoms with Crippen molar-refractivity contribution in [3.05, 3.63) is 68.8 Å². The van der Waals surface area contributed by atoms with Crippen molar-refractivity contribution in [3.8, 4) is 17.0 Å². The summed E-state index contributed by atoms with van der Waals surface area (Å²) < 4.78 is 7.16. The Hall–Kier alpha value is -2.66. The van der Waals surface area contributed by atoms with Gasteiger partial charge in [-0.3, -0.25) is 4.99 Å². The minimum atomic E-state index is 0.726. The summed E-state index contributed by atoms with van der Waals surface area (Å²) >= 11 is 1.62. The number of aromatic nitrogens is 1. The van der Waals surface area contributed by atoms with Crippen LogP contribution in [-0.4, -0.2) is 24.5 Å². The van der Waals surface area contributed by atoms with E-state index >= 15 is 0 Å². The van der Waals surface area contributed by atoms with Gasteiger partial charge in [0.1, 0.15) is 5.75 Å². The third kappa shape index (κ3) is 4.19. The summed E-state index contributed by atoms with van der Waals surface area (Å²) in [6.45, 7) is 9.20. The number of nitrogens with zero attached hydrogens (tertiary/aromatic N) is 3. The number of aryl methyl sites for hydroxylation is 3. The van der Waals surface area contributed by atoms with Crippen molar-refractivity contribution in [1.82, 2.24) is 4.68 Å². The molecule has 0 aliphatic rings. The second-order valence-corrected chi connectivity index (χ2v) is 7.30. The zero-order valence-corrected chi connectivity index (χ0v) is 17.3. The first kappa shape index (κ1) is 19.1. The fourth-order valence-electron chi connectivity index (χ4n) is 2.89. The zero-order valence-electron chi connectivity index (χ0n) is 16.5. The van der Waals surface area contributed by atoms with Crippen LogP contribution in [0.1, 0.15) is 29.2 Å². The Kier molecular flexibility index (Phi) is 5.91. The van der Waals surface area contributed by atoms with E-state index in [1.807, 2.05) is 42.1 Å². The lowest BCUT2D eigenvalue weighted by molar-refractivity contribution is 0.415. The summed E-state index contributed by atoms with van der Waals surface area (Å²) in [6, 6.07) is 12.3. The van der Waals surface area contributed by atoms with Crippen LogP contribution in [0.5, 0.6) is 5.75 Å². The number of rotatable bonds is 5. The third-order valence-electron chi connectivity index (χ3n) is 4.53. The topological polar surface area (TPSA) is 38.9 Å². The van der Waals surface area contributed by atoms with E-state index in [-0.39, 0.29) is 0 Å². The molecule has 0 N–H and O–H groups in total. The van der Waals surface area contributed by atoms with Gasteiger partial charge in [0.25, 0.3) is 0 Å². The molecule has 0 atom stereocenters. The Labute approximate surface area is 164 Å². The van der Waals surface area contributed by atoms with Crippen molar-refractivity contribution in [2.24, 2.45) is 10.1 Å². The lowest BCUT2D eigenvalue weighted by Gasteiger charge is -2.10. The first-order chi connectivity index (χ1) is 13.0. The quantitative estimate of drug-likeness (QED) is 0.578. The van der Waals surface area contributed by atoms with Crippen molar-refractivity contribution < 1.29 is 4.74 Å². The highest BCUT2D eigenvalue weighted by Crippen LogP contribution is 2.27. The molecule has 1 heterocycles. The SMILES string of the molecule is CCN=c1scc(-c2cc(C)c(C)cc2C)n1N=Cc1ccc(OC)cc1. The number of hydrogen-bond acceptors (Lipinski definition) is 4. The van der Waals surface area contributed by atoms with Gasteiger partial charge in [-0.2, -0.15) is 5.10 Å². The highest BCUT2D eigenvalue weighted by atomic mass is 32.1. The summed E-state index contributed by atoms with van der Waals surface area (Å²) in [6.07, 6.45) is 1.86. The highest BCUT2D eigenvalue weighted by Gasteiger charge is 2.11. The molecule has 0 saturated carbocycles. The van der Waals surface area contributed by atoms with Crippen molar-refractivity contribution in [1.29, 1.82) is 0 Å². The van der Waals surface area contributed by atoms with Gasteiger partial charge in [-0.25, -0.2) is 4.68 Å². The van der Waals surface area contributed by atoms with E-state index in [1.165, 1.54) is 22.3 Å². The molecule has 140 valence electrons. The monoisotopic (exact) mass is 379 g/mol. The van der Waals surface area contributed by atoms with E-state index in [1.54, 1.807) is 18.4 Å². The average Bonchev–Trinajstić information content (AvgIpc) is 3.06. The molecular formula is C22H25N3OS. The van der Waals surface area contributed by atoms with Crippen molar-refractivity contribution >= 4 is 17.6 Å². The standard InChI is InChI=1S/C22H25N3OS/c1-6-23-22-25(24-13-18-7-9-19(26-5)10-8-18)21(14-27-22)20-12-16(3)15(2)11-17(20)4/h7-14H,6H2,1-5H3. The molecule has 27 heavy (non-hydrogen) atoms. The average molecular weight is 380 g/mol. The van der Waals surface area contributed by atoms with Gasteiger partial charge in [-0.05, 0) is 80.3 Å². The minimum Gasteiger partial charge on any atom is -0.497 e. The van der Waals surface area contributed by atoms with Crippen LogP contribution in [0.2, 0.25) is 0 Å². The number of thiazole rings is 1. The van der Waals surface area contributed by atoms with E-state index in [4.69, 9.17) is 9.84 Å². The Balaban J connectivity index is 2.08. The Morgan fingerprint density at radius 3 is 2.41 bits per heavy atom. The van der Waals surface area contributed by atoms with E-state index in [0.717, 1.165) is 28.4 Å². The van der Waals surface area contributed by atoms with Crippen LogP contribution in [0.15, 0.2) is 51.9 Å². The fraction of sp³-hybridized carbons (Fsp3) is 0.273. The van der Waals surface area contributed by atoms with E-state index < -0.39 is 0 Å². The normalized spacial score (nSPS) is 12.1. The summed E-state index contributed by atoms with van der Waals surface area (Å²) in [7, 11) is 1.67. The molecule has 0 aliphatic carbocycles. The van der Waals surface area contributed by atoms with Crippen molar-refractivity contribution in [2.45, 2.75) is 27.7 Å². The molecule has 1 aromatic heterocycles. The summed E-state index contributed by atoms with van der Waals surface area (Å²) in [4.78, 5) is 5.51. The second-order valence-electron chi connectivity index (χ2n) is 6.46. The molecule has 0 bridgehead atoms. The highest BCUT2D eigenvalue weighted by molar-refractivity contribution is 7.07. The van der Waals surface area contributed by atoms with Gasteiger partial charge in [-0.15, -0.1) is 11.3 Å².